The number of benzene rings is 2. The van der Waals surface area contributed by atoms with Crippen molar-refractivity contribution in [2.24, 2.45) is 0 Å². The van der Waals surface area contributed by atoms with E-state index < -0.39 is 11.6 Å². The van der Waals surface area contributed by atoms with Gasteiger partial charge in [-0.05, 0) is 17.7 Å². The van der Waals surface area contributed by atoms with Crippen LogP contribution in [0, 0.1) is 11.6 Å². The third-order valence-corrected chi connectivity index (χ3v) is 4.57. The van der Waals surface area contributed by atoms with E-state index in [0.29, 0.717) is 6.54 Å². The Morgan fingerprint density at radius 1 is 0.962 bits per heavy atom. The Labute approximate surface area is 152 Å². The number of carbonyl (C=O) groups is 1. The molecule has 1 heterocycles. The van der Waals surface area contributed by atoms with Gasteiger partial charge in [-0.3, -0.25) is 9.69 Å². The molecule has 6 heteroatoms. The fourth-order valence-corrected chi connectivity index (χ4v) is 3.08. The fourth-order valence-electron chi connectivity index (χ4n) is 3.08. The lowest BCUT2D eigenvalue weighted by Crippen LogP contribution is -2.46. The second-order valence-corrected chi connectivity index (χ2v) is 6.53. The molecular formula is C20H23F2N3O. The van der Waals surface area contributed by atoms with Crippen LogP contribution in [-0.2, 0) is 11.3 Å². The van der Waals surface area contributed by atoms with E-state index >= 15 is 0 Å². The Balaban J connectivity index is 1.38. The smallest absolute Gasteiger partial charge is 0.225 e. The van der Waals surface area contributed by atoms with Crippen LogP contribution in [0.4, 0.5) is 14.5 Å². The summed E-state index contributed by atoms with van der Waals surface area (Å²) in [6.45, 7) is 5.31. The zero-order chi connectivity index (χ0) is 18.4. The number of anilines is 1. The lowest BCUT2D eigenvalue weighted by Gasteiger charge is -2.34. The number of halogens is 2. The Hall–Kier alpha value is -2.31. The van der Waals surface area contributed by atoms with Gasteiger partial charge in [0.25, 0.3) is 0 Å². The molecule has 0 spiro atoms. The third-order valence-electron chi connectivity index (χ3n) is 4.57. The molecule has 0 atom stereocenters. The highest BCUT2D eigenvalue weighted by Gasteiger charge is 2.18. The van der Waals surface area contributed by atoms with Gasteiger partial charge in [0, 0.05) is 51.8 Å². The van der Waals surface area contributed by atoms with Crippen molar-refractivity contribution in [1.29, 1.82) is 0 Å². The van der Waals surface area contributed by atoms with E-state index in [9.17, 15) is 13.6 Å². The van der Waals surface area contributed by atoms with E-state index in [4.69, 9.17) is 0 Å². The summed E-state index contributed by atoms with van der Waals surface area (Å²) in [7, 11) is 0. The molecule has 1 fully saturated rings. The molecule has 4 nitrogen and oxygen atoms in total. The van der Waals surface area contributed by atoms with E-state index in [-0.39, 0.29) is 18.0 Å². The third kappa shape index (κ3) is 5.34. The quantitative estimate of drug-likeness (QED) is 0.861. The molecule has 0 bridgehead atoms. The number of hydrogen-bond acceptors (Lipinski definition) is 3. The SMILES string of the molecule is O=C(CCN1CCN(Cc2ccccc2)CC1)Nc1ccc(F)cc1F. The van der Waals surface area contributed by atoms with Crippen LogP contribution >= 0.6 is 0 Å². The summed E-state index contributed by atoms with van der Waals surface area (Å²) < 4.78 is 26.4. The van der Waals surface area contributed by atoms with E-state index in [1.54, 1.807) is 0 Å². The van der Waals surface area contributed by atoms with Crippen molar-refractivity contribution in [3.63, 3.8) is 0 Å². The van der Waals surface area contributed by atoms with Gasteiger partial charge in [0.15, 0.2) is 0 Å². The van der Waals surface area contributed by atoms with Gasteiger partial charge in [-0.15, -0.1) is 0 Å². The van der Waals surface area contributed by atoms with Crippen molar-refractivity contribution in [3.05, 3.63) is 65.7 Å². The molecule has 0 unspecified atom stereocenters. The van der Waals surface area contributed by atoms with E-state index in [1.807, 2.05) is 18.2 Å². The standard InChI is InChI=1S/C20H23F2N3O/c21-17-6-7-19(18(22)14-17)23-20(26)8-9-24-10-12-25(13-11-24)15-16-4-2-1-3-5-16/h1-7,14H,8-13,15H2,(H,23,26). The molecule has 0 saturated carbocycles. The van der Waals surface area contributed by atoms with Crippen molar-refractivity contribution in [2.45, 2.75) is 13.0 Å². The van der Waals surface area contributed by atoms with E-state index in [0.717, 1.165) is 44.9 Å². The van der Waals surface area contributed by atoms with Gasteiger partial charge in [-0.25, -0.2) is 8.78 Å². The molecular weight excluding hydrogens is 336 g/mol. The monoisotopic (exact) mass is 359 g/mol. The van der Waals surface area contributed by atoms with Crippen LogP contribution in [0.3, 0.4) is 0 Å². The lowest BCUT2D eigenvalue weighted by atomic mass is 10.2. The van der Waals surface area contributed by atoms with Gasteiger partial charge in [0.1, 0.15) is 11.6 Å². The number of carbonyl (C=O) groups excluding carboxylic acids is 1. The molecule has 1 amide bonds. The van der Waals surface area contributed by atoms with Gasteiger partial charge in [0.05, 0.1) is 5.69 Å². The molecule has 3 rings (SSSR count). The molecule has 1 N–H and O–H groups in total. The summed E-state index contributed by atoms with van der Waals surface area (Å²) >= 11 is 0. The van der Waals surface area contributed by atoms with Gasteiger partial charge in [-0.2, -0.15) is 0 Å². The number of rotatable bonds is 6. The van der Waals surface area contributed by atoms with Crippen LogP contribution in [0.5, 0.6) is 0 Å². The maximum absolute atomic E-state index is 13.6. The molecule has 1 aliphatic rings. The predicted octanol–water partition coefficient (Wildman–Crippen LogP) is 3.11. The number of nitrogens with one attached hydrogen (secondary N) is 1. The highest BCUT2D eigenvalue weighted by Crippen LogP contribution is 2.15. The Morgan fingerprint density at radius 3 is 2.35 bits per heavy atom. The topological polar surface area (TPSA) is 35.6 Å². The second kappa shape index (κ2) is 8.87. The zero-order valence-electron chi connectivity index (χ0n) is 14.6. The van der Waals surface area contributed by atoms with Crippen LogP contribution in [0.15, 0.2) is 48.5 Å². The van der Waals surface area contributed by atoms with Crippen LogP contribution in [0.2, 0.25) is 0 Å². The minimum absolute atomic E-state index is 0.0177. The summed E-state index contributed by atoms with van der Waals surface area (Å²) in [5.74, 6) is -1.68. The van der Waals surface area contributed by atoms with Crippen LogP contribution in [-0.4, -0.2) is 48.4 Å². The first-order valence-corrected chi connectivity index (χ1v) is 8.84. The first kappa shape index (κ1) is 18.5. The summed E-state index contributed by atoms with van der Waals surface area (Å²) in [4.78, 5) is 16.6. The Bertz CT molecular complexity index is 731. The molecule has 0 aliphatic carbocycles. The van der Waals surface area contributed by atoms with Crippen LogP contribution < -0.4 is 5.32 Å². The van der Waals surface area contributed by atoms with Gasteiger partial charge in [-0.1, -0.05) is 30.3 Å². The molecule has 1 saturated heterocycles. The zero-order valence-corrected chi connectivity index (χ0v) is 14.6. The molecule has 138 valence electrons. The van der Waals surface area contributed by atoms with Crippen molar-refractivity contribution in [1.82, 2.24) is 9.80 Å². The number of hydrogen-bond donors (Lipinski definition) is 1. The van der Waals surface area contributed by atoms with E-state index in [2.05, 4.69) is 27.2 Å². The first-order valence-electron chi connectivity index (χ1n) is 8.84. The highest BCUT2D eigenvalue weighted by molar-refractivity contribution is 5.90. The Kier molecular flexibility index (Phi) is 6.30. The molecule has 0 aromatic heterocycles. The summed E-state index contributed by atoms with van der Waals surface area (Å²) in [5.41, 5.74) is 1.32. The molecule has 2 aromatic carbocycles. The molecule has 26 heavy (non-hydrogen) atoms. The van der Waals surface area contributed by atoms with Gasteiger partial charge < -0.3 is 10.2 Å². The maximum Gasteiger partial charge on any atom is 0.225 e. The average Bonchev–Trinajstić information content (AvgIpc) is 2.64. The summed E-state index contributed by atoms with van der Waals surface area (Å²) in [6.07, 6.45) is 0.287. The lowest BCUT2D eigenvalue weighted by molar-refractivity contribution is -0.116. The largest absolute Gasteiger partial charge is 0.324 e. The van der Waals surface area contributed by atoms with Gasteiger partial charge in [0.2, 0.25) is 5.91 Å². The number of nitrogens with zero attached hydrogens (tertiary/aromatic N) is 2. The fraction of sp³-hybridized carbons (Fsp3) is 0.350. The van der Waals surface area contributed by atoms with Crippen molar-refractivity contribution < 1.29 is 13.6 Å². The minimum Gasteiger partial charge on any atom is -0.324 e. The average molecular weight is 359 g/mol. The normalized spacial score (nSPS) is 15.8. The van der Waals surface area contributed by atoms with E-state index in [1.165, 1.54) is 11.6 Å². The summed E-state index contributed by atoms with van der Waals surface area (Å²) in [6, 6.07) is 13.5. The van der Waals surface area contributed by atoms with Crippen LogP contribution in [0.1, 0.15) is 12.0 Å². The number of amides is 1. The molecule has 0 radical (unpaired) electrons. The molecule has 2 aromatic rings. The highest BCUT2D eigenvalue weighted by atomic mass is 19.1. The van der Waals surface area contributed by atoms with Crippen molar-refractivity contribution in [2.75, 3.05) is 38.0 Å². The summed E-state index contributed by atoms with van der Waals surface area (Å²) in [5, 5.41) is 2.50. The van der Waals surface area contributed by atoms with Crippen molar-refractivity contribution in [3.8, 4) is 0 Å². The second-order valence-electron chi connectivity index (χ2n) is 6.53. The first-order chi connectivity index (χ1) is 12.6. The molecule has 1 aliphatic heterocycles. The van der Waals surface area contributed by atoms with Crippen LogP contribution in [0.25, 0.3) is 0 Å². The minimum atomic E-state index is -0.757. The predicted molar refractivity (Wildman–Crippen MR) is 97.8 cm³/mol. The number of piperazine rings is 1. The Morgan fingerprint density at radius 2 is 1.65 bits per heavy atom. The maximum atomic E-state index is 13.6. The van der Waals surface area contributed by atoms with Crippen molar-refractivity contribution >= 4 is 11.6 Å². The van der Waals surface area contributed by atoms with Gasteiger partial charge >= 0.3 is 0 Å².